The van der Waals surface area contributed by atoms with E-state index in [1.807, 2.05) is 0 Å². The van der Waals surface area contributed by atoms with Crippen molar-refractivity contribution in [1.29, 1.82) is 0 Å². The van der Waals surface area contributed by atoms with E-state index < -0.39 is 11.6 Å². The number of fused-ring (bicyclic) bond motifs is 1. The van der Waals surface area contributed by atoms with Crippen LogP contribution in [0.4, 0.5) is 0 Å². The quantitative estimate of drug-likeness (QED) is 0.600. The first-order valence-electron chi connectivity index (χ1n) is 12.3. The number of carbonyl (C=O) groups is 1. The average Bonchev–Trinajstić information content (AvgIpc) is 3.17. The number of hydrogen-bond acceptors (Lipinski definition) is 4. The molecule has 4 nitrogen and oxygen atoms in total. The fraction of sp³-hybridized carbons (Fsp3) is 0.741. The van der Waals surface area contributed by atoms with Crippen LogP contribution in [0.1, 0.15) is 85.0 Å². The third-order valence-electron chi connectivity index (χ3n) is 8.89. The number of rotatable bonds is 4. The zero-order valence-corrected chi connectivity index (χ0v) is 19.5. The van der Waals surface area contributed by atoms with Crippen LogP contribution in [0.2, 0.25) is 0 Å². The molecule has 4 aliphatic rings. The SMILES string of the molecule is C=C1CCC(O)CC1=CC=C1CCCC2(C)C1CCC2C(C)CC1CC(C)(O)C(=O)O1. The molecule has 31 heavy (non-hydrogen) atoms. The molecule has 1 saturated heterocycles. The van der Waals surface area contributed by atoms with Crippen LogP contribution >= 0.6 is 0 Å². The molecule has 172 valence electrons. The number of cyclic esters (lactones) is 1. The number of carbonyl (C=O) groups excluding carboxylic acids is 1. The van der Waals surface area contributed by atoms with Gasteiger partial charge in [0.15, 0.2) is 5.60 Å². The topological polar surface area (TPSA) is 66.8 Å². The van der Waals surface area contributed by atoms with Gasteiger partial charge in [-0.3, -0.25) is 0 Å². The van der Waals surface area contributed by atoms with E-state index in [1.165, 1.54) is 43.3 Å². The van der Waals surface area contributed by atoms with Gasteiger partial charge in [0.1, 0.15) is 6.10 Å². The van der Waals surface area contributed by atoms with Crippen molar-refractivity contribution in [2.45, 2.75) is 103 Å². The van der Waals surface area contributed by atoms with Crippen molar-refractivity contribution >= 4 is 5.97 Å². The maximum absolute atomic E-state index is 11.9. The Bertz CT molecular complexity index is 791. The molecule has 3 saturated carbocycles. The fourth-order valence-electron chi connectivity index (χ4n) is 7.17. The summed E-state index contributed by atoms with van der Waals surface area (Å²) in [6.07, 6.45) is 14.0. The lowest BCUT2D eigenvalue weighted by Gasteiger charge is -2.44. The first-order chi connectivity index (χ1) is 14.6. The highest BCUT2D eigenvalue weighted by Gasteiger charge is 2.52. The number of hydrogen-bond donors (Lipinski definition) is 2. The van der Waals surface area contributed by atoms with Crippen LogP contribution in [-0.4, -0.2) is 34.0 Å². The number of esters is 1. The summed E-state index contributed by atoms with van der Waals surface area (Å²) in [5.41, 5.74) is 2.93. The Balaban J connectivity index is 1.46. The van der Waals surface area contributed by atoms with Crippen molar-refractivity contribution < 1.29 is 19.7 Å². The minimum atomic E-state index is -1.32. The minimum absolute atomic E-state index is 0.160. The average molecular weight is 429 g/mol. The van der Waals surface area contributed by atoms with Gasteiger partial charge in [0.05, 0.1) is 6.10 Å². The number of ether oxygens (including phenoxy) is 1. The number of aliphatic hydroxyl groups excluding tert-OH is 1. The highest BCUT2D eigenvalue weighted by molar-refractivity contribution is 5.80. The Morgan fingerprint density at radius 2 is 2.00 bits per heavy atom. The first kappa shape index (κ1) is 22.8. The molecule has 0 aromatic rings. The van der Waals surface area contributed by atoms with Crippen molar-refractivity contribution in [3.05, 3.63) is 35.5 Å². The van der Waals surface area contributed by atoms with Crippen molar-refractivity contribution in [2.24, 2.45) is 23.2 Å². The second-order valence-electron chi connectivity index (χ2n) is 11.2. The van der Waals surface area contributed by atoms with Gasteiger partial charge in [0.25, 0.3) is 0 Å². The summed E-state index contributed by atoms with van der Waals surface area (Å²) in [6, 6.07) is 0. The van der Waals surface area contributed by atoms with Gasteiger partial charge in [-0.25, -0.2) is 4.79 Å². The van der Waals surface area contributed by atoms with Gasteiger partial charge in [-0.05, 0) is 93.5 Å². The first-order valence-corrected chi connectivity index (χ1v) is 12.3. The van der Waals surface area contributed by atoms with Crippen molar-refractivity contribution in [3.63, 3.8) is 0 Å². The van der Waals surface area contributed by atoms with Crippen LogP contribution in [0.5, 0.6) is 0 Å². The molecular weight excluding hydrogens is 388 g/mol. The highest BCUT2D eigenvalue weighted by Crippen LogP contribution is 2.60. The lowest BCUT2D eigenvalue weighted by atomic mass is 9.60. The summed E-state index contributed by atoms with van der Waals surface area (Å²) in [5, 5.41) is 20.2. The van der Waals surface area contributed by atoms with Crippen molar-refractivity contribution in [2.75, 3.05) is 0 Å². The fourth-order valence-corrected chi connectivity index (χ4v) is 7.17. The molecule has 4 heteroatoms. The van der Waals surface area contributed by atoms with Crippen LogP contribution < -0.4 is 0 Å². The van der Waals surface area contributed by atoms with Crippen LogP contribution in [0.15, 0.2) is 35.5 Å². The van der Waals surface area contributed by atoms with Crippen LogP contribution in [-0.2, 0) is 9.53 Å². The highest BCUT2D eigenvalue weighted by atomic mass is 16.6. The maximum atomic E-state index is 11.9. The zero-order valence-electron chi connectivity index (χ0n) is 19.5. The molecule has 7 atom stereocenters. The molecular formula is C27H40O4. The lowest BCUT2D eigenvalue weighted by molar-refractivity contribution is -0.154. The summed E-state index contributed by atoms with van der Waals surface area (Å²) in [7, 11) is 0. The molecule has 4 fully saturated rings. The van der Waals surface area contributed by atoms with E-state index in [9.17, 15) is 15.0 Å². The molecule has 0 radical (unpaired) electrons. The molecule has 0 aromatic heterocycles. The molecule has 0 aromatic carbocycles. The molecule has 2 N–H and O–H groups in total. The van der Waals surface area contributed by atoms with Crippen molar-refractivity contribution in [3.8, 4) is 0 Å². The molecule has 4 rings (SSSR count). The van der Waals surface area contributed by atoms with Crippen molar-refractivity contribution in [1.82, 2.24) is 0 Å². The summed E-state index contributed by atoms with van der Waals surface area (Å²) in [6.45, 7) is 10.6. The molecule has 0 bridgehead atoms. The van der Waals surface area contributed by atoms with Gasteiger partial charge in [-0.15, -0.1) is 0 Å². The standard InChI is InChI=1S/C27H40O4/c1-17-7-10-21(28)15-20(17)9-8-19-6-5-13-26(3)23(11-12-24(19)26)18(2)14-22-16-27(4,30)25(29)31-22/h8-9,18,21-24,28,30H,1,5-7,10-16H2,2-4H3. The van der Waals surface area contributed by atoms with Gasteiger partial charge < -0.3 is 14.9 Å². The van der Waals surface area contributed by atoms with E-state index in [-0.39, 0.29) is 17.6 Å². The lowest BCUT2D eigenvalue weighted by Crippen LogP contribution is -2.36. The van der Waals surface area contributed by atoms with E-state index in [1.54, 1.807) is 12.5 Å². The number of aliphatic hydroxyl groups is 2. The van der Waals surface area contributed by atoms with Crippen LogP contribution in [0.25, 0.3) is 0 Å². The van der Waals surface area contributed by atoms with E-state index in [2.05, 4.69) is 32.6 Å². The molecule has 0 spiro atoms. The Hall–Kier alpha value is -1.39. The van der Waals surface area contributed by atoms with E-state index in [0.717, 1.165) is 25.7 Å². The number of allylic oxidation sites excluding steroid dienone is 4. The maximum Gasteiger partial charge on any atom is 0.338 e. The Labute approximate surface area is 187 Å². The summed E-state index contributed by atoms with van der Waals surface area (Å²) in [4.78, 5) is 11.9. The Kier molecular flexibility index (Phi) is 6.26. The largest absolute Gasteiger partial charge is 0.460 e. The molecule has 3 aliphatic carbocycles. The van der Waals surface area contributed by atoms with Gasteiger partial charge in [0.2, 0.25) is 0 Å². The van der Waals surface area contributed by atoms with Gasteiger partial charge in [-0.1, -0.05) is 43.7 Å². The third-order valence-corrected chi connectivity index (χ3v) is 8.89. The summed E-state index contributed by atoms with van der Waals surface area (Å²) in [5.74, 6) is 1.23. The minimum Gasteiger partial charge on any atom is -0.460 e. The Morgan fingerprint density at radius 1 is 1.23 bits per heavy atom. The Morgan fingerprint density at radius 3 is 2.71 bits per heavy atom. The smallest absolute Gasteiger partial charge is 0.338 e. The summed E-state index contributed by atoms with van der Waals surface area (Å²) < 4.78 is 5.48. The monoisotopic (exact) mass is 428 g/mol. The van der Waals surface area contributed by atoms with Crippen LogP contribution in [0.3, 0.4) is 0 Å². The zero-order chi connectivity index (χ0) is 22.4. The third kappa shape index (κ3) is 4.43. The molecule has 0 amide bonds. The van der Waals surface area contributed by atoms with Gasteiger partial charge in [0, 0.05) is 6.42 Å². The van der Waals surface area contributed by atoms with E-state index in [4.69, 9.17) is 4.74 Å². The predicted molar refractivity (Wildman–Crippen MR) is 122 cm³/mol. The normalized spacial score (nSPS) is 44.5. The molecule has 1 aliphatic heterocycles. The van der Waals surface area contributed by atoms with E-state index in [0.29, 0.717) is 24.2 Å². The predicted octanol–water partition coefficient (Wildman–Crippen LogP) is 5.25. The molecule has 7 unspecified atom stereocenters. The van der Waals surface area contributed by atoms with E-state index >= 15 is 0 Å². The van der Waals surface area contributed by atoms with Gasteiger partial charge >= 0.3 is 5.97 Å². The summed E-state index contributed by atoms with van der Waals surface area (Å²) >= 11 is 0. The molecule has 1 heterocycles. The van der Waals surface area contributed by atoms with Gasteiger partial charge in [-0.2, -0.15) is 0 Å². The second-order valence-corrected chi connectivity index (χ2v) is 11.2. The second kappa shape index (κ2) is 8.51. The van der Waals surface area contributed by atoms with Crippen LogP contribution in [0, 0.1) is 23.2 Å².